The number of hydrogen-bond acceptors (Lipinski definition) is 3. The van der Waals surface area contributed by atoms with Gasteiger partial charge in [-0.15, -0.1) is 0 Å². The molecule has 0 aromatic rings. The molecule has 1 aliphatic heterocycles. The maximum absolute atomic E-state index is 12.1. The van der Waals surface area contributed by atoms with Gasteiger partial charge < -0.3 is 15.1 Å². The van der Waals surface area contributed by atoms with Crippen LogP contribution in [0.4, 0.5) is 0 Å². The van der Waals surface area contributed by atoms with Gasteiger partial charge in [0.2, 0.25) is 5.91 Å². The minimum atomic E-state index is 0.00866. The van der Waals surface area contributed by atoms with Gasteiger partial charge in [0.25, 0.3) is 0 Å². The number of nitrogens with zero attached hydrogens (tertiary/aromatic N) is 2. The molecule has 4 heteroatoms. The van der Waals surface area contributed by atoms with E-state index in [2.05, 4.69) is 17.3 Å². The monoisotopic (exact) mass is 211 g/mol. The first-order valence-corrected chi connectivity index (χ1v) is 5.87. The summed E-state index contributed by atoms with van der Waals surface area (Å²) in [5.41, 5.74) is 0. The lowest BCUT2D eigenvalue weighted by atomic mass is 9.91. The molecule has 0 aromatic heterocycles. The summed E-state index contributed by atoms with van der Waals surface area (Å²) in [5, 5.41) is 3.30. The normalized spacial score (nSPS) is 28.5. The summed E-state index contributed by atoms with van der Waals surface area (Å²) in [6.45, 7) is 2.80. The van der Waals surface area contributed by atoms with E-state index >= 15 is 0 Å². The Morgan fingerprint density at radius 2 is 2.20 bits per heavy atom. The zero-order valence-corrected chi connectivity index (χ0v) is 9.70. The van der Waals surface area contributed by atoms with Crippen LogP contribution >= 0.6 is 0 Å². The summed E-state index contributed by atoms with van der Waals surface area (Å²) >= 11 is 0. The van der Waals surface area contributed by atoms with Crippen molar-refractivity contribution < 1.29 is 4.79 Å². The van der Waals surface area contributed by atoms with Crippen LogP contribution in [-0.4, -0.2) is 61.5 Å². The van der Waals surface area contributed by atoms with Gasteiger partial charge in [-0.1, -0.05) is 0 Å². The highest BCUT2D eigenvalue weighted by Gasteiger charge is 2.31. The van der Waals surface area contributed by atoms with Crippen LogP contribution < -0.4 is 5.32 Å². The molecule has 2 fully saturated rings. The third kappa shape index (κ3) is 2.32. The van der Waals surface area contributed by atoms with E-state index in [0.29, 0.717) is 6.04 Å². The lowest BCUT2D eigenvalue weighted by Crippen LogP contribution is -2.58. The Hall–Kier alpha value is -0.610. The third-order valence-electron chi connectivity index (χ3n) is 3.65. The van der Waals surface area contributed by atoms with E-state index in [4.69, 9.17) is 0 Å². The summed E-state index contributed by atoms with van der Waals surface area (Å²) in [6, 6.07) is 0.515. The Labute approximate surface area is 91.6 Å². The van der Waals surface area contributed by atoms with Gasteiger partial charge in [-0.3, -0.25) is 4.79 Å². The molecule has 1 N–H and O–H groups in total. The van der Waals surface area contributed by atoms with Crippen molar-refractivity contribution in [2.24, 2.45) is 0 Å². The molecule has 4 nitrogen and oxygen atoms in total. The SMILES string of the molecule is CN1CCNC(C(=O)N(C)C2CCC2)C1. The number of hydrogen-bond donors (Lipinski definition) is 1. The van der Waals surface area contributed by atoms with E-state index in [-0.39, 0.29) is 11.9 Å². The van der Waals surface area contributed by atoms with Crippen LogP contribution in [0, 0.1) is 0 Å². The minimum absolute atomic E-state index is 0.00866. The Bertz CT molecular complexity index is 240. The fourth-order valence-corrected chi connectivity index (χ4v) is 2.26. The zero-order valence-electron chi connectivity index (χ0n) is 9.70. The first-order valence-electron chi connectivity index (χ1n) is 5.87. The fourth-order valence-electron chi connectivity index (χ4n) is 2.26. The van der Waals surface area contributed by atoms with Crippen LogP contribution in [0.1, 0.15) is 19.3 Å². The molecule has 2 aliphatic rings. The first-order chi connectivity index (χ1) is 7.18. The summed E-state index contributed by atoms with van der Waals surface area (Å²) in [4.78, 5) is 16.3. The smallest absolute Gasteiger partial charge is 0.241 e. The molecule has 1 saturated carbocycles. The number of carbonyl (C=O) groups excluding carboxylic acids is 1. The highest BCUT2D eigenvalue weighted by molar-refractivity contribution is 5.82. The number of nitrogens with one attached hydrogen (secondary N) is 1. The number of carbonyl (C=O) groups is 1. The van der Waals surface area contributed by atoms with Crippen molar-refractivity contribution in [3.8, 4) is 0 Å². The minimum Gasteiger partial charge on any atom is -0.341 e. The van der Waals surface area contributed by atoms with Crippen molar-refractivity contribution in [2.45, 2.75) is 31.3 Å². The fraction of sp³-hybridized carbons (Fsp3) is 0.909. The molecule has 0 radical (unpaired) electrons. The lowest BCUT2D eigenvalue weighted by molar-refractivity contribution is -0.136. The average molecular weight is 211 g/mol. The largest absolute Gasteiger partial charge is 0.341 e. The second kappa shape index (κ2) is 4.49. The van der Waals surface area contributed by atoms with Crippen LogP contribution in [0.2, 0.25) is 0 Å². The summed E-state index contributed by atoms with van der Waals surface area (Å²) in [6.07, 6.45) is 3.65. The second-order valence-electron chi connectivity index (χ2n) is 4.80. The molecule has 2 rings (SSSR count). The van der Waals surface area contributed by atoms with Crippen molar-refractivity contribution in [2.75, 3.05) is 33.7 Å². The molecule has 86 valence electrons. The van der Waals surface area contributed by atoms with Gasteiger partial charge in [0.15, 0.2) is 0 Å². The van der Waals surface area contributed by atoms with Crippen LogP contribution in [0.25, 0.3) is 0 Å². The molecular formula is C11H21N3O. The molecule has 1 saturated heterocycles. The van der Waals surface area contributed by atoms with Gasteiger partial charge in [0.05, 0.1) is 6.04 Å². The molecule has 1 unspecified atom stereocenters. The van der Waals surface area contributed by atoms with E-state index in [1.807, 2.05) is 11.9 Å². The van der Waals surface area contributed by atoms with Crippen molar-refractivity contribution >= 4 is 5.91 Å². The molecule has 1 atom stereocenters. The third-order valence-corrected chi connectivity index (χ3v) is 3.65. The summed E-state index contributed by atoms with van der Waals surface area (Å²) in [7, 11) is 4.02. The van der Waals surface area contributed by atoms with Crippen LogP contribution in [0.3, 0.4) is 0 Å². The standard InChI is InChI=1S/C11H21N3O/c1-13-7-6-12-10(8-13)11(15)14(2)9-4-3-5-9/h9-10,12H,3-8H2,1-2H3. The van der Waals surface area contributed by atoms with E-state index in [1.165, 1.54) is 19.3 Å². The maximum atomic E-state index is 12.1. The van der Waals surface area contributed by atoms with E-state index < -0.39 is 0 Å². The van der Waals surface area contributed by atoms with Crippen molar-refractivity contribution in [1.82, 2.24) is 15.1 Å². The van der Waals surface area contributed by atoms with Gasteiger partial charge in [-0.25, -0.2) is 0 Å². The highest BCUT2D eigenvalue weighted by atomic mass is 16.2. The van der Waals surface area contributed by atoms with Crippen LogP contribution in [-0.2, 0) is 4.79 Å². The van der Waals surface area contributed by atoms with Gasteiger partial charge >= 0.3 is 0 Å². The van der Waals surface area contributed by atoms with Crippen molar-refractivity contribution in [1.29, 1.82) is 0 Å². The Balaban J connectivity index is 1.88. The van der Waals surface area contributed by atoms with Gasteiger partial charge in [0, 0.05) is 32.7 Å². The molecule has 0 aromatic carbocycles. The Morgan fingerprint density at radius 3 is 2.73 bits per heavy atom. The number of amides is 1. The van der Waals surface area contributed by atoms with Crippen LogP contribution in [0.15, 0.2) is 0 Å². The second-order valence-corrected chi connectivity index (χ2v) is 4.80. The number of piperazine rings is 1. The average Bonchev–Trinajstić information content (AvgIpc) is 2.14. The van der Waals surface area contributed by atoms with E-state index in [1.54, 1.807) is 0 Å². The van der Waals surface area contributed by atoms with Gasteiger partial charge in [-0.2, -0.15) is 0 Å². The number of likely N-dealkylation sites (N-methyl/N-ethyl adjacent to an activating group) is 2. The van der Waals surface area contributed by atoms with E-state index in [0.717, 1.165) is 19.6 Å². The van der Waals surface area contributed by atoms with Crippen molar-refractivity contribution in [3.63, 3.8) is 0 Å². The van der Waals surface area contributed by atoms with Gasteiger partial charge in [0.1, 0.15) is 0 Å². The van der Waals surface area contributed by atoms with Crippen molar-refractivity contribution in [3.05, 3.63) is 0 Å². The molecule has 0 spiro atoms. The Kier molecular flexibility index (Phi) is 3.26. The summed E-state index contributed by atoms with van der Waals surface area (Å²) in [5.74, 6) is 0.270. The molecule has 15 heavy (non-hydrogen) atoms. The molecule has 1 heterocycles. The molecular weight excluding hydrogens is 190 g/mol. The highest BCUT2D eigenvalue weighted by Crippen LogP contribution is 2.24. The zero-order chi connectivity index (χ0) is 10.8. The lowest BCUT2D eigenvalue weighted by Gasteiger charge is -2.39. The topological polar surface area (TPSA) is 35.6 Å². The molecule has 1 amide bonds. The first kappa shape index (κ1) is 10.9. The van der Waals surface area contributed by atoms with Gasteiger partial charge in [-0.05, 0) is 26.3 Å². The predicted molar refractivity (Wildman–Crippen MR) is 59.7 cm³/mol. The maximum Gasteiger partial charge on any atom is 0.241 e. The molecule has 0 bridgehead atoms. The van der Waals surface area contributed by atoms with E-state index in [9.17, 15) is 4.79 Å². The molecule has 1 aliphatic carbocycles. The number of rotatable bonds is 2. The summed E-state index contributed by atoms with van der Waals surface area (Å²) < 4.78 is 0. The predicted octanol–water partition coefficient (Wildman–Crippen LogP) is -0.0991. The Morgan fingerprint density at radius 1 is 1.47 bits per heavy atom. The van der Waals surface area contributed by atoms with Crippen LogP contribution in [0.5, 0.6) is 0 Å². The quantitative estimate of drug-likeness (QED) is 0.693.